The van der Waals surface area contributed by atoms with E-state index in [1.54, 1.807) is 6.20 Å². The van der Waals surface area contributed by atoms with E-state index in [0.717, 1.165) is 67.7 Å². The standard InChI is InChI=1S/C40H62N10O/c1-3-32-26-42-20-16-34(32)27-45-39(51)33-14-11-15-35(25-33)44-28-36-47-48-38(37-40(29-43-30-46-37)17-8-5-4-6-9-18-40)50(36)24-21-41-19-12-23-49-22-10-7-13-31(49)2/h11,14-16,20,25-26,31,37,41,43-44,46H,3-10,12-13,17-19,21-24,27-30H2,1-2H3,(H,45,51). The average Bonchev–Trinajstić information content (AvgIpc) is 3.55. The Kier molecular flexibility index (Phi) is 13.9. The van der Waals surface area contributed by atoms with Crippen LogP contribution in [-0.4, -0.2) is 76.0 Å². The van der Waals surface area contributed by atoms with Gasteiger partial charge in [0.25, 0.3) is 5.91 Å². The molecule has 11 nitrogen and oxygen atoms in total. The van der Waals surface area contributed by atoms with Gasteiger partial charge < -0.3 is 30.7 Å². The van der Waals surface area contributed by atoms with Gasteiger partial charge >= 0.3 is 0 Å². The van der Waals surface area contributed by atoms with Gasteiger partial charge in [0.2, 0.25) is 0 Å². The van der Waals surface area contributed by atoms with Gasteiger partial charge in [0, 0.05) is 67.9 Å². The Hall–Kier alpha value is -3.38. The number of carbonyl (C=O) groups excluding carboxylic acids is 1. The van der Waals surface area contributed by atoms with Crippen LogP contribution in [0.25, 0.3) is 0 Å². The Morgan fingerprint density at radius 1 is 0.980 bits per heavy atom. The van der Waals surface area contributed by atoms with Crippen molar-refractivity contribution in [2.24, 2.45) is 5.41 Å². The van der Waals surface area contributed by atoms with Crippen molar-refractivity contribution in [3.8, 4) is 0 Å². The molecule has 1 spiro atoms. The number of nitrogens with zero attached hydrogens (tertiary/aromatic N) is 5. The minimum atomic E-state index is -0.0923. The third kappa shape index (κ3) is 9.94. The van der Waals surface area contributed by atoms with Crippen molar-refractivity contribution in [2.75, 3.05) is 44.7 Å². The molecule has 1 saturated carbocycles. The number of piperidine rings is 1. The van der Waals surface area contributed by atoms with Crippen LogP contribution < -0.4 is 26.6 Å². The highest BCUT2D eigenvalue weighted by molar-refractivity contribution is 5.95. The predicted octanol–water partition coefficient (Wildman–Crippen LogP) is 5.55. The lowest BCUT2D eigenvalue weighted by Gasteiger charge is -2.45. The average molecular weight is 699 g/mol. The monoisotopic (exact) mass is 699 g/mol. The molecule has 4 heterocycles. The van der Waals surface area contributed by atoms with Crippen molar-refractivity contribution in [3.05, 3.63) is 71.1 Å². The summed E-state index contributed by atoms with van der Waals surface area (Å²) in [6.45, 7) is 12.4. The van der Waals surface area contributed by atoms with Crippen LogP contribution in [-0.2, 0) is 26.1 Å². The highest BCUT2D eigenvalue weighted by Crippen LogP contribution is 2.45. The van der Waals surface area contributed by atoms with Crippen LogP contribution in [0, 0.1) is 5.41 Å². The van der Waals surface area contributed by atoms with Crippen molar-refractivity contribution < 1.29 is 4.79 Å². The van der Waals surface area contributed by atoms with E-state index in [2.05, 4.69) is 54.9 Å². The quantitative estimate of drug-likeness (QED) is 0.130. The summed E-state index contributed by atoms with van der Waals surface area (Å²) in [7, 11) is 0. The molecule has 2 atom stereocenters. The van der Waals surface area contributed by atoms with E-state index in [0.29, 0.717) is 24.7 Å². The normalized spacial score (nSPS) is 21.2. The SMILES string of the molecule is CCc1cnccc1CNC(=O)c1cccc(NCc2nnc(C3NCNCC34CCCCCCC4)n2CCNCCCN2CCCCC2C)c1. The maximum absolute atomic E-state index is 13.2. The fourth-order valence-corrected chi connectivity index (χ4v) is 8.57. The number of aryl methyl sites for hydroxylation is 1. The van der Waals surface area contributed by atoms with Gasteiger partial charge in [0.05, 0.1) is 12.6 Å². The molecule has 2 aliphatic heterocycles. The fourth-order valence-electron chi connectivity index (χ4n) is 8.57. The Morgan fingerprint density at radius 2 is 1.84 bits per heavy atom. The first kappa shape index (κ1) is 37.4. The molecular weight excluding hydrogens is 637 g/mol. The summed E-state index contributed by atoms with van der Waals surface area (Å²) in [5.41, 5.74) is 3.91. The Balaban J connectivity index is 1.12. The second kappa shape index (κ2) is 18.9. The van der Waals surface area contributed by atoms with E-state index in [1.807, 2.05) is 36.5 Å². The highest BCUT2D eigenvalue weighted by Gasteiger charge is 2.43. The summed E-state index contributed by atoms with van der Waals surface area (Å²) in [4.78, 5) is 20.0. The molecular formula is C40H62N10O. The Morgan fingerprint density at radius 3 is 2.69 bits per heavy atom. The minimum Gasteiger partial charge on any atom is -0.378 e. The van der Waals surface area contributed by atoms with E-state index < -0.39 is 0 Å². The lowest BCUT2D eigenvalue weighted by atomic mass is 9.69. The highest BCUT2D eigenvalue weighted by atomic mass is 16.1. The van der Waals surface area contributed by atoms with Crippen LogP contribution in [0.1, 0.15) is 124 Å². The van der Waals surface area contributed by atoms with Crippen LogP contribution in [0.2, 0.25) is 0 Å². The van der Waals surface area contributed by atoms with Gasteiger partial charge in [-0.15, -0.1) is 10.2 Å². The molecule has 3 aliphatic rings. The zero-order chi connectivity index (χ0) is 35.3. The molecule has 1 aromatic carbocycles. The maximum Gasteiger partial charge on any atom is 0.251 e. The van der Waals surface area contributed by atoms with Gasteiger partial charge in [0.1, 0.15) is 0 Å². The number of pyridine rings is 1. The first-order chi connectivity index (χ1) is 25.1. The lowest BCUT2D eigenvalue weighted by Crippen LogP contribution is -2.54. The van der Waals surface area contributed by atoms with Crippen molar-refractivity contribution in [3.63, 3.8) is 0 Å². The topological polar surface area (TPSA) is 124 Å². The molecule has 6 rings (SSSR count). The van der Waals surface area contributed by atoms with Crippen molar-refractivity contribution in [2.45, 2.75) is 123 Å². The van der Waals surface area contributed by atoms with Crippen molar-refractivity contribution in [1.82, 2.24) is 45.9 Å². The lowest BCUT2D eigenvalue weighted by molar-refractivity contribution is 0.0937. The summed E-state index contributed by atoms with van der Waals surface area (Å²) in [5, 5.41) is 27.7. The third-order valence-electron chi connectivity index (χ3n) is 11.6. The van der Waals surface area contributed by atoms with Crippen LogP contribution in [0.3, 0.4) is 0 Å². The first-order valence-corrected chi connectivity index (χ1v) is 19.9. The number of amides is 1. The molecule has 51 heavy (non-hydrogen) atoms. The molecule has 278 valence electrons. The van der Waals surface area contributed by atoms with Crippen LogP contribution in [0.5, 0.6) is 0 Å². The summed E-state index contributed by atoms with van der Waals surface area (Å²) in [5.74, 6) is 1.90. The smallest absolute Gasteiger partial charge is 0.251 e. The molecule has 1 aliphatic carbocycles. The molecule has 2 saturated heterocycles. The number of rotatable bonds is 15. The zero-order valence-electron chi connectivity index (χ0n) is 31.2. The largest absolute Gasteiger partial charge is 0.378 e. The fraction of sp³-hybridized carbons (Fsp3) is 0.650. The molecule has 2 aromatic heterocycles. The Labute approximate surface area is 305 Å². The van der Waals surface area contributed by atoms with Gasteiger partial charge in [-0.05, 0) is 100 Å². The molecule has 1 amide bonds. The van der Waals surface area contributed by atoms with Crippen molar-refractivity contribution in [1.29, 1.82) is 0 Å². The number of hydrogen-bond acceptors (Lipinski definition) is 9. The second-order valence-electron chi connectivity index (χ2n) is 15.1. The number of benzene rings is 1. The molecule has 5 N–H and O–H groups in total. The number of likely N-dealkylation sites (tertiary alicyclic amines) is 1. The predicted molar refractivity (Wildman–Crippen MR) is 204 cm³/mol. The van der Waals surface area contributed by atoms with Gasteiger partial charge in [-0.3, -0.25) is 15.1 Å². The van der Waals surface area contributed by atoms with E-state index in [1.165, 1.54) is 83.7 Å². The zero-order valence-corrected chi connectivity index (χ0v) is 31.2. The molecule has 11 heteroatoms. The summed E-state index contributed by atoms with van der Waals surface area (Å²) in [6.07, 6.45) is 18.7. The minimum absolute atomic E-state index is 0.0923. The van der Waals surface area contributed by atoms with E-state index >= 15 is 0 Å². The number of nitrogens with one attached hydrogen (secondary N) is 5. The molecule has 0 bridgehead atoms. The van der Waals surface area contributed by atoms with Crippen LogP contribution in [0.4, 0.5) is 5.69 Å². The summed E-state index contributed by atoms with van der Waals surface area (Å²) in [6, 6.07) is 10.6. The maximum atomic E-state index is 13.2. The van der Waals surface area contributed by atoms with Gasteiger partial charge in [0.15, 0.2) is 11.6 Å². The number of hydrogen-bond donors (Lipinski definition) is 5. The number of carbonyl (C=O) groups is 1. The van der Waals surface area contributed by atoms with Crippen molar-refractivity contribution >= 4 is 11.6 Å². The number of aromatic nitrogens is 4. The molecule has 0 radical (unpaired) electrons. The molecule has 3 aromatic rings. The second-order valence-corrected chi connectivity index (χ2v) is 15.1. The Bertz CT molecular complexity index is 1520. The first-order valence-electron chi connectivity index (χ1n) is 19.9. The molecule has 2 unspecified atom stereocenters. The molecule has 3 fully saturated rings. The van der Waals surface area contributed by atoms with Gasteiger partial charge in [-0.2, -0.15) is 0 Å². The third-order valence-corrected chi connectivity index (χ3v) is 11.6. The number of anilines is 1. The van der Waals surface area contributed by atoms with Gasteiger partial charge in [-0.25, -0.2) is 0 Å². The van der Waals surface area contributed by atoms with E-state index in [4.69, 9.17) is 10.2 Å². The van der Waals surface area contributed by atoms with Crippen LogP contribution in [0.15, 0.2) is 42.7 Å². The van der Waals surface area contributed by atoms with E-state index in [-0.39, 0.29) is 17.4 Å². The van der Waals surface area contributed by atoms with Gasteiger partial charge in [-0.1, -0.05) is 51.5 Å². The summed E-state index contributed by atoms with van der Waals surface area (Å²) >= 11 is 0. The van der Waals surface area contributed by atoms with E-state index in [9.17, 15) is 4.79 Å². The van der Waals surface area contributed by atoms with Crippen LogP contribution >= 0.6 is 0 Å². The summed E-state index contributed by atoms with van der Waals surface area (Å²) < 4.78 is 2.37.